The van der Waals surface area contributed by atoms with E-state index < -0.39 is 6.04 Å². The minimum Gasteiger partial charge on any atom is -0.484 e. The fourth-order valence-corrected chi connectivity index (χ4v) is 3.09. The predicted molar refractivity (Wildman–Crippen MR) is 125 cm³/mol. The molecule has 31 heavy (non-hydrogen) atoms. The van der Waals surface area contributed by atoms with E-state index in [1.165, 1.54) is 5.56 Å². The van der Waals surface area contributed by atoms with Crippen molar-refractivity contribution in [1.29, 1.82) is 0 Å². The predicted octanol–water partition coefficient (Wildman–Crippen LogP) is 4.55. The maximum Gasteiger partial charge on any atom is 0.261 e. The molecule has 0 saturated carbocycles. The molecule has 0 bridgehead atoms. The van der Waals surface area contributed by atoms with Gasteiger partial charge in [0.25, 0.3) is 5.91 Å². The van der Waals surface area contributed by atoms with Gasteiger partial charge in [-0.05, 0) is 41.5 Å². The van der Waals surface area contributed by atoms with Crippen LogP contribution in [0, 0.1) is 5.92 Å². The van der Waals surface area contributed by atoms with Crippen LogP contribution in [0.2, 0.25) is 0 Å². The smallest absolute Gasteiger partial charge is 0.261 e. The summed E-state index contributed by atoms with van der Waals surface area (Å²) in [6.45, 7) is 13.1. The number of hydrogen-bond acceptors (Lipinski definition) is 3. The van der Waals surface area contributed by atoms with Crippen LogP contribution in [0.3, 0.4) is 0 Å². The van der Waals surface area contributed by atoms with E-state index in [0.717, 1.165) is 5.56 Å². The number of amides is 2. The normalized spacial score (nSPS) is 12.4. The summed E-state index contributed by atoms with van der Waals surface area (Å²) in [5.74, 6) is 0.593. The Bertz CT molecular complexity index is 839. The van der Waals surface area contributed by atoms with Crippen LogP contribution in [0.4, 0.5) is 0 Å². The van der Waals surface area contributed by atoms with Gasteiger partial charge in [-0.25, -0.2) is 0 Å². The number of carbonyl (C=O) groups excluding carboxylic acids is 2. The standard InChI is InChI=1S/C26H36N2O3/c1-19(2)16-27-25(30)20(3)28(17-21-10-8-7-9-11-21)24(29)18-31-23-14-12-22(13-15-23)26(4,5)6/h7-15,19-20H,16-18H2,1-6H3,(H,27,30). The summed E-state index contributed by atoms with van der Waals surface area (Å²) in [7, 11) is 0. The van der Waals surface area contributed by atoms with Crippen molar-refractivity contribution >= 4 is 11.8 Å². The number of nitrogens with zero attached hydrogens (tertiary/aromatic N) is 1. The van der Waals surface area contributed by atoms with Crippen LogP contribution in [-0.4, -0.2) is 35.9 Å². The molecule has 0 aliphatic carbocycles. The summed E-state index contributed by atoms with van der Waals surface area (Å²) in [5, 5.41) is 2.92. The van der Waals surface area contributed by atoms with Gasteiger partial charge in [0.15, 0.2) is 6.61 Å². The Balaban J connectivity index is 2.09. The minimum absolute atomic E-state index is 0.0552. The van der Waals surface area contributed by atoms with E-state index in [2.05, 4.69) is 26.1 Å². The first-order valence-electron chi connectivity index (χ1n) is 10.9. The molecule has 5 heteroatoms. The number of rotatable bonds is 9. The van der Waals surface area contributed by atoms with Gasteiger partial charge in [-0.1, -0.05) is 77.1 Å². The lowest BCUT2D eigenvalue weighted by molar-refractivity contribution is -0.142. The Morgan fingerprint density at radius 2 is 1.58 bits per heavy atom. The molecule has 0 aliphatic rings. The van der Waals surface area contributed by atoms with Crippen LogP contribution in [0.1, 0.15) is 52.7 Å². The Hall–Kier alpha value is -2.82. The summed E-state index contributed by atoms with van der Waals surface area (Å²) >= 11 is 0. The van der Waals surface area contributed by atoms with E-state index in [1.54, 1.807) is 11.8 Å². The Morgan fingerprint density at radius 3 is 2.13 bits per heavy atom. The first-order chi connectivity index (χ1) is 14.6. The number of ether oxygens (including phenoxy) is 1. The molecule has 0 radical (unpaired) electrons. The van der Waals surface area contributed by atoms with Gasteiger partial charge in [0.05, 0.1) is 0 Å². The molecule has 0 aliphatic heterocycles. The average Bonchev–Trinajstić information content (AvgIpc) is 2.74. The second-order valence-corrected chi connectivity index (χ2v) is 9.39. The van der Waals surface area contributed by atoms with Gasteiger partial charge in [-0.2, -0.15) is 0 Å². The van der Waals surface area contributed by atoms with E-state index in [9.17, 15) is 9.59 Å². The lowest BCUT2D eigenvalue weighted by Crippen LogP contribution is -2.49. The van der Waals surface area contributed by atoms with Crippen molar-refractivity contribution in [3.63, 3.8) is 0 Å². The molecular weight excluding hydrogens is 388 g/mol. The molecule has 1 unspecified atom stereocenters. The molecule has 2 aromatic rings. The maximum atomic E-state index is 13.1. The fourth-order valence-electron chi connectivity index (χ4n) is 3.09. The van der Waals surface area contributed by atoms with E-state index in [1.807, 2.05) is 68.4 Å². The molecule has 0 aromatic heterocycles. The maximum absolute atomic E-state index is 13.1. The lowest BCUT2D eigenvalue weighted by Gasteiger charge is -2.29. The molecule has 0 heterocycles. The van der Waals surface area contributed by atoms with Crippen molar-refractivity contribution in [3.05, 3.63) is 65.7 Å². The summed E-state index contributed by atoms with van der Waals surface area (Å²) in [4.78, 5) is 27.3. The van der Waals surface area contributed by atoms with Gasteiger partial charge in [-0.3, -0.25) is 9.59 Å². The van der Waals surface area contributed by atoms with Crippen molar-refractivity contribution in [3.8, 4) is 5.75 Å². The van der Waals surface area contributed by atoms with Crippen LogP contribution >= 0.6 is 0 Å². The lowest BCUT2D eigenvalue weighted by atomic mass is 9.87. The summed E-state index contributed by atoms with van der Waals surface area (Å²) < 4.78 is 5.76. The monoisotopic (exact) mass is 424 g/mol. The minimum atomic E-state index is -0.599. The Labute approximate surface area is 186 Å². The molecular formula is C26H36N2O3. The molecule has 0 saturated heterocycles. The van der Waals surface area contributed by atoms with E-state index in [0.29, 0.717) is 24.8 Å². The third-order valence-corrected chi connectivity index (χ3v) is 5.13. The van der Waals surface area contributed by atoms with E-state index >= 15 is 0 Å². The number of nitrogens with one attached hydrogen (secondary N) is 1. The van der Waals surface area contributed by atoms with Crippen LogP contribution < -0.4 is 10.1 Å². The van der Waals surface area contributed by atoms with Crippen molar-refractivity contribution in [2.45, 2.75) is 59.5 Å². The van der Waals surface area contributed by atoms with Crippen LogP contribution in [0.15, 0.2) is 54.6 Å². The Morgan fingerprint density at radius 1 is 0.968 bits per heavy atom. The zero-order valence-corrected chi connectivity index (χ0v) is 19.6. The summed E-state index contributed by atoms with van der Waals surface area (Å²) in [6.07, 6.45) is 0. The van der Waals surface area contributed by atoms with Gasteiger partial charge in [-0.15, -0.1) is 0 Å². The van der Waals surface area contributed by atoms with Crippen molar-refractivity contribution < 1.29 is 14.3 Å². The van der Waals surface area contributed by atoms with Crippen LogP contribution in [-0.2, 0) is 21.5 Å². The molecule has 0 spiro atoms. The third kappa shape index (κ3) is 7.74. The number of carbonyl (C=O) groups is 2. The first kappa shape index (κ1) is 24.4. The third-order valence-electron chi connectivity index (χ3n) is 5.13. The van der Waals surface area contributed by atoms with Crippen molar-refractivity contribution in [1.82, 2.24) is 10.2 Å². The molecule has 1 N–H and O–H groups in total. The zero-order valence-electron chi connectivity index (χ0n) is 19.6. The molecule has 2 amide bonds. The van der Waals surface area contributed by atoms with Gasteiger partial charge in [0.1, 0.15) is 11.8 Å². The molecule has 5 nitrogen and oxygen atoms in total. The van der Waals surface area contributed by atoms with E-state index in [4.69, 9.17) is 4.74 Å². The summed E-state index contributed by atoms with van der Waals surface area (Å²) in [6, 6.07) is 16.9. The highest BCUT2D eigenvalue weighted by Crippen LogP contribution is 2.24. The second-order valence-electron chi connectivity index (χ2n) is 9.39. The van der Waals surface area contributed by atoms with Crippen molar-refractivity contribution in [2.24, 2.45) is 5.92 Å². The topological polar surface area (TPSA) is 58.6 Å². The molecule has 168 valence electrons. The van der Waals surface area contributed by atoms with Gasteiger partial charge < -0.3 is 15.0 Å². The Kier molecular flexibility index (Phi) is 8.66. The van der Waals surface area contributed by atoms with Crippen LogP contribution in [0.25, 0.3) is 0 Å². The summed E-state index contributed by atoms with van der Waals surface area (Å²) in [5.41, 5.74) is 2.22. The largest absolute Gasteiger partial charge is 0.484 e. The first-order valence-corrected chi connectivity index (χ1v) is 10.9. The van der Waals surface area contributed by atoms with Gasteiger partial charge in [0.2, 0.25) is 5.91 Å². The molecule has 0 fully saturated rings. The number of hydrogen-bond donors (Lipinski definition) is 1. The number of benzene rings is 2. The molecule has 1 atom stereocenters. The average molecular weight is 425 g/mol. The van der Waals surface area contributed by atoms with Gasteiger partial charge >= 0.3 is 0 Å². The van der Waals surface area contributed by atoms with E-state index in [-0.39, 0.29) is 23.8 Å². The highest BCUT2D eigenvalue weighted by atomic mass is 16.5. The van der Waals surface area contributed by atoms with Crippen LogP contribution in [0.5, 0.6) is 5.75 Å². The van der Waals surface area contributed by atoms with Crippen molar-refractivity contribution in [2.75, 3.05) is 13.2 Å². The van der Waals surface area contributed by atoms with Gasteiger partial charge in [0, 0.05) is 13.1 Å². The quantitative estimate of drug-likeness (QED) is 0.642. The highest BCUT2D eigenvalue weighted by molar-refractivity contribution is 5.87. The fraction of sp³-hybridized carbons (Fsp3) is 0.462. The molecule has 2 rings (SSSR count). The molecule has 2 aromatic carbocycles. The zero-order chi connectivity index (χ0) is 23.0. The second kappa shape index (κ2) is 11.0. The highest BCUT2D eigenvalue weighted by Gasteiger charge is 2.26. The SMILES string of the molecule is CC(C)CNC(=O)C(C)N(Cc1ccccc1)C(=O)COc1ccc(C(C)(C)C)cc1.